The monoisotopic (exact) mass is 193 g/mol. The Labute approximate surface area is 86.0 Å². The molecule has 1 heterocycles. The zero-order valence-corrected chi connectivity index (χ0v) is 9.03. The molecule has 0 radical (unpaired) electrons. The first-order valence-electron chi connectivity index (χ1n) is 5.30. The van der Waals surface area contributed by atoms with E-state index in [9.17, 15) is 0 Å². The van der Waals surface area contributed by atoms with E-state index >= 15 is 0 Å². The number of unbranched alkanes of at least 4 members (excludes halogenated alkanes) is 2. The Morgan fingerprint density at radius 3 is 2.57 bits per heavy atom. The van der Waals surface area contributed by atoms with Gasteiger partial charge in [-0.05, 0) is 13.5 Å². The first-order valence-corrected chi connectivity index (χ1v) is 5.30. The predicted octanol–water partition coefficient (Wildman–Crippen LogP) is 2.32. The van der Waals surface area contributed by atoms with Crippen LogP contribution in [0.2, 0.25) is 0 Å². The van der Waals surface area contributed by atoms with Gasteiger partial charge >= 0.3 is 0 Å². The van der Waals surface area contributed by atoms with Crippen LogP contribution in [0.15, 0.2) is 18.7 Å². The average molecular weight is 193 g/mol. The molecule has 0 saturated heterocycles. The highest BCUT2D eigenvalue weighted by Gasteiger charge is 2.08. The largest absolute Gasteiger partial charge is 0.313 e. The van der Waals surface area contributed by atoms with Gasteiger partial charge in [0.2, 0.25) is 0 Å². The van der Waals surface area contributed by atoms with Crippen molar-refractivity contribution in [2.75, 3.05) is 7.05 Å². The summed E-state index contributed by atoms with van der Waals surface area (Å²) in [6.45, 7) is 2.22. The van der Waals surface area contributed by atoms with E-state index in [0.717, 1.165) is 6.42 Å². The molecule has 0 spiro atoms. The molecule has 1 aromatic rings. The highest BCUT2D eigenvalue weighted by molar-refractivity contribution is 5.08. The van der Waals surface area contributed by atoms with Crippen molar-refractivity contribution in [3.05, 3.63) is 24.3 Å². The van der Waals surface area contributed by atoms with E-state index in [4.69, 9.17) is 0 Å². The van der Waals surface area contributed by atoms with Crippen LogP contribution in [-0.2, 0) is 0 Å². The molecular formula is C11H19N3. The van der Waals surface area contributed by atoms with Gasteiger partial charge in [0.05, 0.1) is 0 Å². The molecule has 1 rings (SSSR count). The molecule has 0 fully saturated rings. The molecule has 0 saturated carbocycles. The van der Waals surface area contributed by atoms with Crippen molar-refractivity contribution in [1.29, 1.82) is 0 Å². The Kier molecular flexibility index (Phi) is 5.15. The van der Waals surface area contributed by atoms with E-state index in [1.165, 1.54) is 24.8 Å². The Morgan fingerprint density at radius 2 is 2.00 bits per heavy atom. The van der Waals surface area contributed by atoms with Gasteiger partial charge in [-0.1, -0.05) is 26.2 Å². The molecule has 1 N–H and O–H groups in total. The summed E-state index contributed by atoms with van der Waals surface area (Å²) in [6.07, 6.45) is 10.3. The molecular weight excluding hydrogens is 174 g/mol. The highest BCUT2D eigenvalue weighted by atomic mass is 14.9. The fourth-order valence-electron chi connectivity index (χ4n) is 1.57. The van der Waals surface area contributed by atoms with E-state index in [0.29, 0.717) is 6.04 Å². The summed E-state index contributed by atoms with van der Waals surface area (Å²) >= 11 is 0. The second-order valence-corrected chi connectivity index (χ2v) is 3.51. The maximum Gasteiger partial charge on any atom is 0.115 e. The fraction of sp³-hybridized carbons (Fsp3) is 0.636. The van der Waals surface area contributed by atoms with Crippen LogP contribution in [0.3, 0.4) is 0 Å². The van der Waals surface area contributed by atoms with Crippen LogP contribution in [0.1, 0.15) is 44.2 Å². The van der Waals surface area contributed by atoms with Gasteiger partial charge in [0.15, 0.2) is 0 Å². The van der Waals surface area contributed by atoms with Crippen molar-refractivity contribution >= 4 is 0 Å². The first kappa shape index (κ1) is 11.1. The van der Waals surface area contributed by atoms with Crippen LogP contribution in [0.5, 0.6) is 0 Å². The zero-order chi connectivity index (χ0) is 10.2. The molecule has 78 valence electrons. The molecule has 0 aliphatic carbocycles. The van der Waals surface area contributed by atoms with Crippen LogP contribution in [-0.4, -0.2) is 17.0 Å². The molecule has 0 aliphatic rings. The summed E-state index contributed by atoms with van der Waals surface area (Å²) in [5.41, 5.74) is 1.19. The topological polar surface area (TPSA) is 37.8 Å². The number of hydrogen-bond donors (Lipinski definition) is 1. The lowest BCUT2D eigenvalue weighted by Crippen LogP contribution is -2.16. The standard InChI is InChI=1S/C11H19N3/c1-3-4-5-6-11(12-2)10-7-13-9-14-8-10/h7-9,11-12H,3-6H2,1-2H3. The number of rotatable bonds is 6. The fourth-order valence-corrected chi connectivity index (χ4v) is 1.57. The zero-order valence-electron chi connectivity index (χ0n) is 9.03. The van der Waals surface area contributed by atoms with Crippen molar-refractivity contribution in [2.24, 2.45) is 0 Å². The van der Waals surface area contributed by atoms with Crippen LogP contribution in [0.4, 0.5) is 0 Å². The minimum Gasteiger partial charge on any atom is -0.313 e. The van der Waals surface area contributed by atoms with E-state index < -0.39 is 0 Å². The third-order valence-corrected chi connectivity index (χ3v) is 2.43. The Hall–Kier alpha value is -0.960. The van der Waals surface area contributed by atoms with Crippen molar-refractivity contribution in [2.45, 2.75) is 38.6 Å². The van der Waals surface area contributed by atoms with Gasteiger partial charge in [-0.15, -0.1) is 0 Å². The maximum absolute atomic E-state index is 4.03. The maximum atomic E-state index is 4.03. The molecule has 3 heteroatoms. The van der Waals surface area contributed by atoms with Gasteiger partial charge in [-0.3, -0.25) is 0 Å². The lowest BCUT2D eigenvalue weighted by Gasteiger charge is -2.15. The van der Waals surface area contributed by atoms with Crippen LogP contribution >= 0.6 is 0 Å². The smallest absolute Gasteiger partial charge is 0.115 e. The number of hydrogen-bond acceptors (Lipinski definition) is 3. The Bertz CT molecular complexity index is 236. The van der Waals surface area contributed by atoms with Gasteiger partial charge in [-0.2, -0.15) is 0 Å². The Balaban J connectivity index is 2.46. The normalized spacial score (nSPS) is 12.7. The van der Waals surface area contributed by atoms with Gasteiger partial charge in [0, 0.05) is 24.0 Å². The predicted molar refractivity (Wildman–Crippen MR) is 58.0 cm³/mol. The number of nitrogens with one attached hydrogen (secondary N) is 1. The van der Waals surface area contributed by atoms with Crippen molar-refractivity contribution < 1.29 is 0 Å². The van der Waals surface area contributed by atoms with Crippen LogP contribution in [0, 0.1) is 0 Å². The molecule has 0 aromatic carbocycles. The van der Waals surface area contributed by atoms with E-state index in [1.54, 1.807) is 6.33 Å². The molecule has 0 amide bonds. The van der Waals surface area contributed by atoms with E-state index in [2.05, 4.69) is 22.2 Å². The molecule has 1 atom stereocenters. The molecule has 0 bridgehead atoms. The SMILES string of the molecule is CCCCCC(NC)c1cncnc1. The third-order valence-electron chi connectivity index (χ3n) is 2.43. The van der Waals surface area contributed by atoms with Gasteiger partial charge in [-0.25, -0.2) is 9.97 Å². The second-order valence-electron chi connectivity index (χ2n) is 3.51. The molecule has 0 aliphatic heterocycles. The second kappa shape index (κ2) is 6.49. The number of nitrogens with zero attached hydrogens (tertiary/aromatic N) is 2. The van der Waals surface area contributed by atoms with Crippen LogP contribution in [0.25, 0.3) is 0 Å². The quantitative estimate of drug-likeness (QED) is 0.704. The van der Waals surface area contributed by atoms with Gasteiger partial charge in [0.1, 0.15) is 6.33 Å². The summed E-state index contributed by atoms with van der Waals surface area (Å²) in [5, 5.41) is 3.30. The summed E-state index contributed by atoms with van der Waals surface area (Å²) in [6, 6.07) is 0.405. The number of aromatic nitrogens is 2. The lowest BCUT2D eigenvalue weighted by molar-refractivity contribution is 0.509. The van der Waals surface area contributed by atoms with Crippen LogP contribution < -0.4 is 5.32 Å². The summed E-state index contributed by atoms with van der Waals surface area (Å²) in [7, 11) is 1.99. The summed E-state index contributed by atoms with van der Waals surface area (Å²) < 4.78 is 0. The molecule has 1 aromatic heterocycles. The first-order chi connectivity index (χ1) is 6.88. The van der Waals surface area contributed by atoms with Crippen molar-refractivity contribution in [1.82, 2.24) is 15.3 Å². The minimum atomic E-state index is 0.405. The molecule has 1 unspecified atom stereocenters. The average Bonchev–Trinajstić information content (AvgIpc) is 2.26. The molecule has 14 heavy (non-hydrogen) atoms. The van der Waals surface area contributed by atoms with E-state index in [1.807, 2.05) is 19.4 Å². The molecule has 3 nitrogen and oxygen atoms in total. The minimum absolute atomic E-state index is 0.405. The lowest BCUT2D eigenvalue weighted by atomic mass is 10.0. The van der Waals surface area contributed by atoms with Crippen molar-refractivity contribution in [3.8, 4) is 0 Å². The summed E-state index contributed by atoms with van der Waals surface area (Å²) in [5.74, 6) is 0. The van der Waals surface area contributed by atoms with Gasteiger partial charge < -0.3 is 5.32 Å². The van der Waals surface area contributed by atoms with Crippen molar-refractivity contribution in [3.63, 3.8) is 0 Å². The van der Waals surface area contributed by atoms with E-state index in [-0.39, 0.29) is 0 Å². The Morgan fingerprint density at radius 1 is 1.29 bits per heavy atom. The third kappa shape index (κ3) is 3.42. The highest BCUT2D eigenvalue weighted by Crippen LogP contribution is 2.17. The summed E-state index contributed by atoms with van der Waals surface area (Å²) in [4.78, 5) is 8.06. The van der Waals surface area contributed by atoms with Gasteiger partial charge in [0.25, 0.3) is 0 Å².